The Morgan fingerprint density at radius 1 is 1.15 bits per heavy atom. The first kappa shape index (κ1) is 15.1. The Morgan fingerprint density at radius 3 is 2.15 bits per heavy atom. The predicted molar refractivity (Wildman–Crippen MR) is 77.6 cm³/mol. The van der Waals surface area contributed by atoms with Crippen LogP contribution in [0.5, 0.6) is 12.0 Å². The summed E-state index contributed by atoms with van der Waals surface area (Å²) in [5.74, 6) is 1.72. The van der Waals surface area contributed by atoms with E-state index < -0.39 is 0 Å². The van der Waals surface area contributed by atoms with Gasteiger partial charge >= 0.3 is 12.0 Å². The number of aromatic nitrogens is 3. The quantitative estimate of drug-likeness (QED) is 0.843. The molecule has 1 N–H and O–H groups in total. The summed E-state index contributed by atoms with van der Waals surface area (Å²) in [4.78, 5) is 12.4. The number of hydrogen-bond donors (Lipinski definition) is 1. The van der Waals surface area contributed by atoms with Gasteiger partial charge in [0.1, 0.15) is 0 Å². The first-order valence-corrected chi connectivity index (χ1v) is 7.32. The van der Waals surface area contributed by atoms with Gasteiger partial charge in [-0.3, -0.25) is 0 Å². The summed E-state index contributed by atoms with van der Waals surface area (Å²) in [6.07, 6.45) is 4.32. The largest absolute Gasteiger partial charge is 0.467 e. The monoisotopic (exact) mass is 300 g/mol. The first-order chi connectivity index (χ1) is 9.60. The maximum Gasteiger partial charge on any atom is 0.324 e. The summed E-state index contributed by atoms with van der Waals surface area (Å²) in [7, 11) is 3.02. The Labute approximate surface area is 124 Å². The van der Waals surface area contributed by atoms with Gasteiger partial charge in [-0.05, 0) is 31.6 Å². The van der Waals surface area contributed by atoms with E-state index in [0.29, 0.717) is 11.8 Å². The third kappa shape index (κ3) is 3.42. The van der Waals surface area contributed by atoms with Crippen molar-refractivity contribution in [2.75, 3.05) is 25.4 Å². The molecule has 0 unspecified atom stereocenters. The molecule has 7 heteroatoms. The van der Waals surface area contributed by atoms with Crippen molar-refractivity contribution in [2.45, 2.75) is 38.1 Å². The molecule has 0 aromatic carbocycles. The fraction of sp³-hybridized carbons (Fsp3) is 0.769. The molecule has 1 aromatic heterocycles. The molecule has 0 amide bonds. The fourth-order valence-electron chi connectivity index (χ4n) is 2.42. The molecule has 1 heterocycles. The minimum absolute atomic E-state index is 0.161. The Bertz CT molecular complexity index is 428. The summed E-state index contributed by atoms with van der Waals surface area (Å²) < 4.78 is 10.1. The van der Waals surface area contributed by atoms with Gasteiger partial charge < -0.3 is 14.8 Å². The molecule has 1 aromatic rings. The van der Waals surface area contributed by atoms with Crippen LogP contribution in [0.25, 0.3) is 0 Å². The van der Waals surface area contributed by atoms with E-state index in [9.17, 15) is 0 Å². The SMILES string of the molecule is COc1nc(NC2(CCl)CCC(C)CC2)nc(OC)n1. The molecule has 2 rings (SSSR count). The molecular weight excluding hydrogens is 280 g/mol. The number of anilines is 1. The summed E-state index contributed by atoms with van der Waals surface area (Å²) in [5.41, 5.74) is -0.161. The number of alkyl halides is 1. The molecule has 112 valence electrons. The Hall–Kier alpha value is -1.30. The Kier molecular flexibility index (Phi) is 4.86. The van der Waals surface area contributed by atoms with Gasteiger partial charge in [-0.25, -0.2) is 0 Å². The van der Waals surface area contributed by atoms with Crippen LogP contribution in [0.3, 0.4) is 0 Å². The van der Waals surface area contributed by atoms with Crippen LogP contribution in [-0.2, 0) is 0 Å². The number of methoxy groups -OCH3 is 2. The van der Waals surface area contributed by atoms with Gasteiger partial charge in [-0.2, -0.15) is 9.97 Å². The molecule has 0 bridgehead atoms. The van der Waals surface area contributed by atoms with Crippen LogP contribution < -0.4 is 14.8 Å². The lowest BCUT2D eigenvalue weighted by Gasteiger charge is -2.38. The molecule has 0 spiro atoms. The minimum atomic E-state index is -0.161. The molecular formula is C13H21ClN4O2. The van der Waals surface area contributed by atoms with Gasteiger partial charge in [0.15, 0.2) is 0 Å². The number of halogens is 1. The zero-order valence-corrected chi connectivity index (χ0v) is 12.9. The zero-order valence-electron chi connectivity index (χ0n) is 12.1. The number of nitrogens with zero attached hydrogens (tertiary/aromatic N) is 3. The van der Waals surface area contributed by atoms with Crippen LogP contribution in [0.4, 0.5) is 5.95 Å². The summed E-state index contributed by atoms with van der Waals surface area (Å²) in [5, 5.41) is 3.36. The second-order valence-electron chi connectivity index (χ2n) is 5.35. The van der Waals surface area contributed by atoms with E-state index in [2.05, 4.69) is 27.2 Å². The predicted octanol–water partition coefficient (Wildman–Crippen LogP) is 2.49. The molecule has 6 nitrogen and oxygen atoms in total. The van der Waals surface area contributed by atoms with E-state index in [1.807, 2.05) is 0 Å². The van der Waals surface area contributed by atoms with Crippen LogP contribution in [-0.4, -0.2) is 40.6 Å². The Morgan fingerprint density at radius 2 is 1.70 bits per heavy atom. The van der Waals surface area contributed by atoms with Crippen molar-refractivity contribution in [3.63, 3.8) is 0 Å². The van der Waals surface area contributed by atoms with E-state index in [1.165, 1.54) is 14.2 Å². The second kappa shape index (κ2) is 6.43. The van der Waals surface area contributed by atoms with E-state index in [1.54, 1.807) is 0 Å². The van der Waals surface area contributed by atoms with Crippen molar-refractivity contribution in [3.8, 4) is 12.0 Å². The number of rotatable bonds is 5. The molecule has 0 aliphatic heterocycles. The normalized spacial score (nSPS) is 26.1. The third-order valence-electron chi connectivity index (χ3n) is 3.82. The van der Waals surface area contributed by atoms with Crippen LogP contribution in [0, 0.1) is 5.92 Å². The average Bonchev–Trinajstić information content (AvgIpc) is 2.49. The molecule has 20 heavy (non-hydrogen) atoms. The lowest BCUT2D eigenvalue weighted by Crippen LogP contribution is -2.44. The molecule has 0 radical (unpaired) electrons. The van der Waals surface area contributed by atoms with Crippen molar-refractivity contribution < 1.29 is 9.47 Å². The molecule has 1 fully saturated rings. The second-order valence-corrected chi connectivity index (χ2v) is 5.62. The van der Waals surface area contributed by atoms with Gasteiger partial charge in [0.2, 0.25) is 5.95 Å². The van der Waals surface area contributed by atoms with Gasteiger partial charge in [0.25, 0.3) is 0 Å². The highest BCUT2D eigenvalue weighted by atomic mass is 35.5. The topological polar surface area (TPSA) is 69.2 Å². The fourth-order valence-corrected chi connectivity index (χ4v) is 2.75. The van der Waals surface area contributed by atoms with Crippen molar-refractivity contribution in [2.24, 2.45) is 5.92 Å². The first-order valence-electron chi connectivity index (χ1n) is 6.79. The molecule has 1 aliphatic carbocycles. The number of ether oxygens (including phenoxy) is 2. The van der Waals surface area contributed by atoms with Gasteiger partial charge in [-0.1, -0.05) is 6.92 Å². The maximum atomic E-state index is 6.19. The standard InChI is InChI=1S/C13H21ClN4O2/c1-9-4-6-13(8-14,7-5-9)18-10-15-11(19-2)17-12(16-10)20-3/h9H,4-8H2,1-3H3,(H,15,16,17,18). The van der Waals surface area contributed by atoms with Crippen molar-refractivity contribution in [1.82, 2.24) is 15.0 Å². The highest BCUT2D eigenvalue weighted by Crippen LogP contribution is 2.35. The van der Waals surface area contributed by atoms with Crippen LogP contribution in [0.2, 0.25) is 0 Å². The van der Waals surface area contributed by atoms with Crippen molar-refractivity contribution in [3.05, 3.63) is 0 Å². The smallest absolute Gasteiger partial charge is 0.324 e. The Balaban J connectivity index is 2.18. The highest BCUT2D eigenvalue weighted by molar-refractivity contribution is 6.18. The lowest BCUT2D eigenvalue weighted by molar-refractivity contribution is 0.284. The lowest BCUT2D eigenvalue weighted by atomic mass is 9.78. The molecule has 1 saturated carbocycles. The zero-order chi connectivity index (χ0) is 14.6. The van der Waals surface area contributed by atoms with E-state index in [-0.39, 0.29) is 17.6 Å². The van der Waals surface area contributed by atoms with Crippen LogP contribution >= 0.6 is 11.6 Å². The highest BCUT2D eigenvalue weighted by Gasteiger charge is 2.34. The number of nitrogens with one attached hydrogen (secondary N) is 1. The van der Waals surface area contributed by atoms with Crippen molar-refractivity contribution >= 4 is 17.5 Å². The summed E-state index contributed by atoms with van der Waals surface area (Å²) >= 11 is 6.19. The molecule has 0 saturated heterocycles. The van der Waals surface area contributed by atoms with Crippen LogP contribution in [0.1, 0.15) is 32.6 Å². The number of hydrogen-bond acceptors (Lipinski definition) is 6. The van der Waals surface area contributed by atoms with Gasteiger partial charge in [0, 0.05) is 5.88 Å². The molecule has 1 aliphatic rings. The average molecular weight is 301 g/mol. The maximum absolute atomic E-state index is 6.19. The van der Waals surface area contributed by atoms with Gasteiger partial charge in [0.05, 0.1) is 19.8 Å². The van der Waals surface area contributed by atoms with Crippen LogP contribution in [0.15, 0.2) is 0 Å². The molecule has 0 atom stereocenters. The van der Waals surface area contributed by atoms with E-state index in [0.717, 1.165) is 31.6 Å². The van der Waals surface area contributed by atoms with E-state index >= 15 is 0 Å². The third-order valence-corrected chi connectivity index (χ3v) is 4.34. The summed E-state index contributed by atoms with van der Waals surface area (Å²) in [6, 6.07) is 0.460. The minimum Gasteiger partial charge on any atom is -0.467 e. The van der Waals surface area contributed by atoms with Crippen molar-refractivity contribution in [1.29, 1.82) is 0 Å². The van der Waals surface area contributed by atoms with Gasteiger partial charge in [-0.15, -0.1) is 16.6 Å². The van der Waals surface area contributed by atoms with E-state index in [4.69, 9.17) is 21.1 Å². The summed E-state index contributed by atoms with van der Waals surface area (Å²) in [6.45, 7) is 2.27.